The molecule has 2 fully saturated rings. The topological polar surface area (TPSA) is 98.9 Å². The van der Waals surface area contributed by atoms with Crippen molar-refractivity contribution in [1.82, 2.24) is 30.2 Å². The first kappa shape index (κ1) is 28.8. The molecule has 2 aliphatic rings. The number of carbonyl (C=O) groups excluding carboxylic acids is 1. The quantitative estimate of drug-likeness (QED) is 0.178. The molecular weight excluding hydrogens is 560 g/mol. The number of fused-ring (bicyclic) bond motifs is 1. The first-order chi connectivity index (χ1) is 21.6. The van der Waals surface area contributed by atoms with E-state index >= 15 is 0 Å². The number of nitrogens with zero attached hydrogens (tertiary/aromatic N) is 3. The third kappa shape index (κ3) is 5.93. The molecule has 2 saturated heterocycles. The lowest BCUT2D eigenvalue weighted by Crippen LogP contribution is -2.36. The molecule has 0 bridgehead atoms. The van der Waals surface area contributed by atoms with Crippen LogP contribution in [0.2, 0.25) is 0 Å². The molecule has 3 aromatic carbocycles. The fourth-order valence-electron chi connectivity index (χ4n) is 6.20. The van der Waals surface area contributed by atoms with Crippen molar-refractivity contribution in [2.24, 2.45) is 0 Å². The lowest BCUT2D eigenvalue weighted by Gasteiger charge is -2.27. The van der Waals surface area contributed by atoms with Crippen LogP contribution in [0.25, 0.3) is 44.4 Å². The second kappa shape index (κ2) is 11.2. The van der Waals surface area contributed by atoms with Crippen LogP contribution in [0.1, 0.15) is 57.3 Å². The Hall–Kier alpha value is -4.95. The average Bonchev–Trinajstić information content (AvgIpc) is 3.83. The summed E-state index contributed by atoms with van der Waals surface area (Å²) in [7, 11) is 0. The van der Waals surface area contributed by atoms with Gasteiger partial charge in [-0.1, -0.05) is 72.8 Å². The monoisotopic (exact) mass is 598 g/mol. The first-order valence-electron chi connectivity index (χ1n) is 15.4. The number of amides is 1. The van der Waals surface area contributed by atoms with Crippen molar-refractivity contribution < 1.29 is 9.53 Å². The van der Waals surface area contributed by atoms with E-state index in [0.29, 0.717) is 13.0 Å². The predicted molar refractivity (Wildman–Crippen MR) is 178 cm³/mol. The first-order valence-corrected chi connectivity index (χ1v) is 15.4. The highest BCUT2D eigenvalue weighted by Gasteiger charge is 2.36. The van der Waals surface area contributed by atoms with Crippen molar-refractivity contribution in [2.75, 3.05) is 13.1 Å². The summed E-state index contributed by atoms with van der Waals surface area (Å²) >= 11 is 0. The number of ether oxygens (including phenoxy) is 1. The van der Waals surface area contributed by atoms with E-state index in [2.05, 4.69) is 99.1 Å². The number of H-pyrrole nitrogens is 2. The SMILES string of the molecule is C=C1CN[C@H](c2ncc(-c3ccc(-c4ccc5cc(-c6cnc([C@@H]7CC(=C)CN7C(=O)OC(C)(C)C)[nH]6)ccc5c4)cc3)[nH]2)C1. The maximum Gasteiger partial charge on any atom is 0.411 e. The van der Waals surface area contributed by atoms with Gasteiger partial charge >= 0.3 is 6.09 Å². The summed E-state index contributed by atoms with van der Waals surface area (Å²) in [5, 5.41) is 5.75. The third-order valence-corrected chi connectivity index (χ3v) is 8.49. The van der Waals surface area contributed by atoms with Crippen molar-refractivity contribution in [3.63, 3.8) is 0 Å². The Bertz CT molecular complexity index is 1930. The zero-order chi connectivity index (χ0) is 31.3. The van der Waals surface area contributed by atoms with Crippen LogP contribution in [0.4, 0.5) is 4.79 Å². The minimum Gasteiger partial charge on any atom is -0.444 e. The molecule has 2 aliphatic heterocycles. The van der Waals surface area contributed by atoms with Crippen molar-refractivity contribution >= 4 is 16.9 Å². The Balaban J connectivity index is 1.07. The van der Waals surface area contributed by atoms with Gasteiger partial charge in [0.25, 0.3) is 0 Å². The minimum absolute atomic E-state index is 0.209. The number of aromatic nitrogens is 4. The molecule has 1 amide bonds. The van der Waals surface area contributed by atoms with Crippen LogP contribution < -0.4 is 5.32 Å². The lowest BCUT2D eigenvalue weighted by atomic mass is 9.98. The molecule has 8 heteroatoms. The number of aromatic amines is 2. The highest BCUT2D eigenvalue weighted by molar-refractivity contribution is 5.90. The van der Waals surface area contributed by atoms with Gasteiger partial charge in [0.1, 0.15) is 17.2 Å². The molecule has 0 saturated carbocycles. The van der Waals surface area contributed by atoms with Crippen LogP contribution in [0.15, 0.2) is 97.4 Å². The molecule has 4 heterocycles. The highest BCUT2D eigenvalue weighted by atomic mass is 16.6. The molecule has 0 radical (unpaired) electrons. The molecule has 0 spiro atoms. The van der Waals surface area contributed by atoms with Gasteiger partial charge in [-0.2, -0.15) is 0 Å². The third-order valence-electron chi connectivity index (χ3n) is 8.49. The standard InChI is InChI=1S/C37H38N6O2/c1-22-14-30(38-18-22)34-39-19-31(41-34)25-8-6-24(7-9-25)26-10-11-28-17-29(13-12-27(28)16-26)32-20-40-35(42-32)33-15-23(2)21-43(33)36(44)45-37(3,4)5/h6-13,16-17,19-20,30,33,38H,1-2,14-15,18,21H2,3-5H3,(H,39,41)(H,40,42)/t30-,33-/m0/s1. The average molecular weight is 599 g/mol. The Labute approximate surface area is 263 Å². The summed E-state index contributed by atoms with van der Waals surface area (Å²) < 4.78 is 5.65. The van der Waals surface area contributed by atoms with E-state index in [1.54, 1.807) is 4.90 Å². The molecule has 5 aromatic rings. The van der Waals surface area contributed by atoms with Gasteiger partial charge in [0.15, 0.2) is 0 Å². The summed E-state index contributed by atoms with van der Waals surface area (Å²) in [5.41, 5.74) is 8.01. The Kier molecular flexibility index (Phi) is 7.17. The molecule has 228 valence electrons. The Morgan fingerprint density at radius 3 is 2.09 bits per heavy atom. The number of carbonyl (C=O) groups is 1. The van der Waals surface area contributed by atoms with Gasteiger partial charge in [0, 0.05) is 18.7 Å². The highest BCUT2D eigenvalue weighted by Crippen LogP contribution is 2.36. The maximum absolute atomic E-state index is 12.9. The Morgan fingerprint density at radius 1 is 0.800 bits per heavy atom. The van der Waals surface area contributed by atoms with Crippen LogP contribution in [-0.4, -0.2) is 49.6 Å². The van der Waals surface area contributed by atoms with Crippen molar-refractivity contribution in [1.29, 1.82) is 0 Å². The molecule has 7 rings (SSSR count). The molecule has 0 aliphatic carbocycles. The summed E-state index contributed by atoms with van der Waals surface area (Å²) in [6, 6.07) is 21.5. The smallest absolute Gasteiger partial charge is 0.411 e. The van der Waals surface area contributed by atoms with E-state index in [9.17, 15) is 4.79 Å². The fourth-order valence-corrected chi connectivity index (χ4v) is 6.20. The number of imidazole rings is 2. The molecule has 8 nitrogen and oxygen atoms in total. The van der Waals surface area contributed by atoms with E-state index in [4.69, 9.17) is 4.74 Å². The van der Waals surface area contributed by atoms with Crippen LogP contribution in [0.5, 0.6) is 0 Å². The van der Waals surface area contributed by atoms with Crippen LogP contribution in [-0.2, 0) is 4.74 Å². The van der Waals surface area contributed by atoms with Crippen LogP contribution in [0, 0.1) is 0 Å². The number of rotatable bonds is 5. The van der Waals surface area contributed by atoms with Crippen molar-refractivity contribution in [3.05, 3.63) is 109 Å². The molecule has 3 N–H and O–H groups in total. The van der Waals surface area contributed by atoms with Crippen molar-refractivity contribution in [3.8, 4) is 33.6 Å². The van der Waals surface area contributed by atoms with Gasteiger partial charge < -0.3 is 20.0 Å². The summed E-state index contributed by atoms with van der Waals surface area (Å²) in [5.74, 6) is 1.70. The normalized spacial score (nSPS) is 18.7. The van der Waals surface area contributed by atoms with Crippen molar-refractivity contribution in [2.45, 2.75) is 51.3 Å². The minimum atomic E-state index is -0.567. The maximum atomic E-state index is 12.9. The van der Waals surface area contributed by atoms with E-state index in [-0.39, 0.29) is 18.2 Å². The predicted octanol–water partition coefficient (Wildman–Crippen LogP) is 8.12. The zero-order valence-corrected chi connectivity index (χ0v) is 26.0. The van der Waals surface area contributed by atoms with E-state index < -0.39 is 5.60 Å². The molecule has 45 heavy (non-hydrogen) atoms. The largest absolute Gasteiger partial charge is 0.444 e. The van der Waals surface area contributed by atoms with Gasteiger partial charge in [0.2, 0.25) is 0 Å². The number of benzene rings is 3. The number of nitrogens with one attached hydrogen (secondary N) is 3. The summed E-state index contributed by atoms with van der Waals surface area (Å²) in [6.45, 7) is 15.1. The number of hydrogen-bond acceptors (Lipinski definition) is 5. The molecule has 2 aromatic heterocycles. The summed E-state index contributed by atoms with van der Waals surface area (Å²) in [4.78, 5) is 30.8. The second-order valence-corrected chi connectivity index (χ2v) is 13.2. The lowest BCUT2D eigenvalue weighted by molar-refractivity contribution is 0.0222. The molecule has 0 unspecified atom stereocenters. The molecular formula is C37H38N6O2. The van der Waals surface area contributed by atoms with Gasteiger partial charge in [-0.05, 0) is 73.2 Å². The fraction of sp³-hybridized carbons (Fsp3) is 0.270. The Morgan fingerprint density at radius 2 is 1.40 bits per heavy atom. The number of hydrogen-bond donors (Lipinski definition) is 3. The van der Waals surface area contributed by atoms with Gasteiger partial charge in [0.05, 0.1) is 35.9 Å². The molecule has 2 atom stereocenters. The summed E-state index contributed by atoms with van der Waals surface area (Å²) in [6.07, 6.45) is 4.98. The van der Waals surface area contributed by atoms with Crippen LogP contribution >= 0.6 is 0 Å². The van der Waals surface area contributed by atoms with Gasteiger partial charge in [-0.15, -0.1) is 0 Å². The van der Waals surface area contributed by atoms with E-state index in [0.717, 1.165) is 74.6 Å². The second-order valence-electron chi connectivity index (χ2n) is 13.2. The zero-order valence-electron chi connectivity index (χ0n) is 26.0. The number of likely N-dealkylation sites (tertiary alicyclic amines) is 1. The van der Waals surface area contributed by atoms with Gasteiger partial charge in [-0.3, -0.25) is 4.90 Å². The van der Waals surface area contributed by atoms with Crippen LogP contribution in [0.3, 0.4) is 0 Å². The van der Waals surface area contributed by atoms with Gasteiger partial charge in [-0.25, -0.2) is 14.8 Å². The van der Waals surface area contributed by atoms with E-state index in [1.807, 2.05) is 33.2 Å². The van der Waals surface area contributed by atoms with E-state index in [1.165, 1.54) is 5.57 Å².